The van der Waals surface area contributed by atoms with E-state index < -0.39 is 11.7 Å². The molecule has 1 atom stereocenters. The predicted molar refractivity (Wildman–Crippen MR) is 94.8 cm³/mol. The van der Waals surface area contributed by atoms with Crippen molar-refractivity contribution in [1.29, 1.82) is 5.26 Å². The van der Waals surface area contributed by atoms with Crippen molar-refractivity contribution in [2.75, 3.05) is 0 Å². The van der Waals surface area contributed by atoms with Crippen LogP contribution in [0.15, 0.2) is 60.8 Å². The third kappa shape index (κ3) is 2.54. The molecule has 0 aliphatic carbocycles. The number of rotatable bonds is 4. The normalized spacial score (nSPS) is 12.0. The van der Waals surface area contributed by atoms with Crippen LogP contribution >= 0.6 is 0 Å². The second-order valence-electron chi connectivity index (χ2n) is 5.83. The third-order valence-electron chi connectivity index (χ3n) is 4.24. The Morgan fingerprint density at radius 3 is 2.58 bits per heavy atom. The van der Waals surface area contributed by atoms with Crippen LogP contribution in [0.4, 0.5) is 0 Å². The minimum atomic E-state index is -1.05. The minimum absolute atomic E-state index is 0.132. The Hall–Kier alpha value is -3.79. The molecule has 0 amide bonds. The zero-order valence-electron chi connectivity index (χ0n) is 13.9. The van der Waals surface area contributed by atoms with Crippen LogP contribution in [0.1, 0.15) is 22.2 Å². The number of para-hydroxylation sites is 3. The second kappa shape index (κ2) is 6.26. The van der Waals surface area contributed by atoms with Crippen molar-refractivity contribution in [3.63, 3.8) is 0 Å². The van der Waals surface area contributed by atoms with E-state index in [9.17, 15) is 10.1 Å². The van der Waals surface area contributed by atoms with Gasteiger partial charge in [0, 0.05) is 7.05 Å². The van der Waals surface area contributed by atoms with Crippen LogP contribution in [0.2, 0.25) is 0 Å². The lowest BCUT2D eigenvalue weighted by molar-refractivity contribution is 0.0970. The van der Waals surface area contributed by atoms with Crippen molar-refractivity contribution >= 4 is 16.8 Å². The van der Waals surface area contributed by atoms with Crippen LogP contribution in [0.25, 0.3) is 16.7 Å². The standard InChI is InChI=1S/C19H14N6O/c1-24-17-10-6-5-9-15(17)21-19(24)14(11-20)18(26)16-12-25(23-22-16)13-7-3-2-4-8-13/h2-10,12,14H,1H3. The molecule has 0 bridgehead atoms. The van der Waals surface area contributed by atoms with Crippen molar-refractivity contribution in [3.8, 4) is 11.8 Å². The van der Waals surface area contributed by atoms with Crippen LogP contribution in [0.5, 0.6) is 0 Å². The fraction of sp³-hybridized carbons (Fsp3) is 0.105. The highest BCUT2D eigenvalue weighted by atomic mass is 16.1. The molecule has 2 aromatic heterocycles. The highest BCUT2D eigenvalue weighted by Gasteiger charge is 2.29. The average molecular weight is 342 g/mol. The van der Waals surface area contributed by atoms with Gasteiger partial charge in [0.25, 0.3) is 0 Å². The number of nitriles is 1. The minimum Gasteiger partial charge on any atom is -0.330 e. The molecule has 0 fully saturated rings. The Morgan fingerprint density at radius 2 is 1.85 bits per heavy atom. The molecule has 7 heteroatoms. The fourth-order valence-electron chi connectivity index (χ4n) is 2.89. The van der Waals surface area contributed by atoms with Gasteiger partial charge in [-0.05, 0) is 24.3 Å². The van der Waals surface area contributed by atoms with Crippen LogP contribution in [-0.4, -0.2) is 30.3 Å². The number of hydrogen-bond donors (Lipinski definition) is 0. The summed E-state index contributed by atoms with van der Waals surface area (Å²) < 4.78 is 3.28. The van der Waals surface area contributed by atoms with E-state index >= 15 is 0 Å². The number of Topliss-reactive ketones (excluding diaryl/α,β-unsaturated/α-hetero) is 1. The number of fused-ring (bicyclic) bond motifs is 1. The Bertz CT molecular complexity index is 1140. The van der Waals surface area contributed by atoms with Crippen LogP contribution < -0.4 is 0 Å². The van der Waals surface area contributed by atoms with E-state index in [0.29, 0.717) is 5.82 Å². The summed E-state index contributed by atoms with van der Waals surface area (Å²) in [6.45, 7) is 0. The van der Waals surface area contributed by atoms with E-state index in [0.717, 1.165) is 16.7 Å². The number of hydrogen-bond acceptors (Lipinski definition) is 5. The summed E-state index contributed by atoms with van der Waals surface area (Å²) in [6, 6.07) is 18.9. The maximum Gasteiger partial charge on any atom is 0.209 e. The van der Waals surface area contributed by atoms with Crippen molar-refractivity contribution < 1.29 is 4.79 Å². The fourth-order valence-corrected chi connectivity index (χ4v) is 2.89. The smallest absolute Gasteiger partial charge is 0.209 e. The Balaban J connectivity index is 1.71. The molecular weight excluding hydrogens is 328 g/mol. The summed E-state index contributed by atoms with van der Waals surface area (Å²) in [5.41, 5.74) is 2.53. The number of ketones is 1. The molecule has 4 aromatic rings. The molecule has 0 aliphatic rings. The molecule has 26 heavy (non-hydrogen) atoms. The van der Waals surface area contributed by atoms with Gasteiger partial charge in [0.05, 0.1) is 29.0 Å². The van der Waals surface area contributed by atoms with Crippen molar-refractivity contribution in [2.45, 2.75) is 5.92 Å². The van der Waals surface area contributed by atoms with Crippen molar-refractivity contribution in [2.24, 2.45) is 7.05 Å². The van der Waals surface area contributed by atoms with Gasteiger partial charge in [0.15, 0.2) is 11.6 Å². The van der Waals surface area contributed by atoms with Gasteiger partial charge in [-0.15, -0.1) is 5.10 Å². The highest BCUT2D eigenvalue weighted by molar-refractivity contribution is 6.01. The number of carbonyl (C=O) groups excluding carboxylic acids is 1. The van der Waals surface area contributed by atoms with Gasteiger partial charge in [0.1, 0.15) is 5.82 Å². The highest BCUT2D eigenvalue weighted by Crippen LogP contribution is 2.23. The summed E-state index contributed by atoms with van der Waals surface area (Å²) >= 11 is 0. The molecule has 7 nitrogen and oxygen atoms in total. The molecular formula is C19H14N6O. The molecule has 0 saturated carbocycles. The molecule has 0 spiro atoms. The van der Waals surface area contributed by atoms with Gasteiger partial charge in [-0.2, -0.15) is 5.26 Å². The maximum absolute atomic E-state index is 12.9. The summed E-state index contributed by atoms with van der Waals surface area (Å²) in [5.74, 6) is -1.07. The first-order chi connectivity index (χ1) is 12.7. The number of aryl methyl sites for hydroxylation is 1. The van der Waals surface area contributed by atoms with Gasteiger partial charge >= 0.3 is 0 Å². The molecule has 2 aromatic carbocycles. The van der Waals surface area contributed by atoms with E-state index in [1.165, 1.54) is 10.9 Å². The lowest BCUT2D eigenvalue weighted by atomic mass is 10.0. The summed E-state index contributed by atoms with van der Waals surface area (Å²) in [5, 5.41) is 17.5. The largest absolute Gasteiger partial charge is 0.330 e. The molecule has 0 saturated heterocycles. The summed E-state index contributed by atoms with van der Waals surface area (Å²) in [7, 11) is 1.79. The Morgan fingerprint density at radius 1 is 1.12 bits per heavy atom. The number of benzene rings is 2. The number of imidazole rings is 1. The van der Waals surface area contributed by atoms with Crippen LogP contribution in [0, 0.1) is 11.3 Å². The zero-order chi connectivity index (χ0) is 18.1. The zero-order valence-corrected chi connectivity index (χ0v) is 13.9. The molecule has 0 radical (unpaired) electrons. The molecule has 0 N–H and O–H groups in total. The van der Waals surface area contributed by atoms with Gasteiger partial charge in [-0.25, -0.2) is 9.67 Å². The third-order valence-corrected chi connectivity index (χ3v) is 4.24. The maximum atomic E-state index is 12.9. The van der Waals surface area contributed by atoms with Gasteiger partial charge in [-0.3, -0.25) is 4.79 Å². The topological polar surface area (TPSA) is 89.4 Å². The van der Waals surface area contributed by atoms with E-state index in [-0.39, 0.29) is 5.69 Å². The van der Waals surface area contributed by atoms with Crippen LogP contribution in [0.3, 0.4) is 0 Å². The molecule has 126 valence electrons. The SMILES string of the molecule is Cn1c(C(C#N)C(=O)c2cn(-c3ccccc3)nn2)nc2ccccc21. The van der Waals surface area contributed by atoms with Gasteiger partial charge in [0.2, 0.25) is 5.78 Å². The first kappa shape index (κ1) is 15.7. The summed E-state index contributed by atoms with van der Waals surface area (Å²) in [6.07, 6.45) is 1.53. The molecule has 4 rings (SSSR count). The lowest BCUT2D eigenvalue weighted by Gasteiger charge is -2.06. The van der Waals surface area contributed by atoms with Crippen LogP contribution in [-0.2, 0) is 7.05 Å². The number of carbonyl (C=O) groups is 1. The van der Waals surface area contributed by atoms with Crippen molar-refractivity contribution in [1.82, 2.24) is 24.5 Å². The summed E-state index contributed by atoms with van der Waals surface area (Å²) in [4.78, 5) is 17.3. The van der Waals surface area contributed by atoms with Gasteiger partial charge < -0.3 is 4.57 Å². The predicted octanol–water partition coefficient (Wildman–Crippen LogP) is 2.64. The average Bonchev–Trinajstić information content (AvgIpc) is 3.29. The Labute approximate surface area is 149 Å². The first-order valence-electron chi connectivity index (χ1n) is 8.02. The first-order valence-corrected chi connectivity index (χ1v) is 8.02. The Kier molecular flexibility index (Phi) is 3.78. The lowest BCUT2D eigenvalue weighted by Crippen LogP contribution is -2.16. The second-order valence-corrected chi connectivity index (χ2v) is 5.83. The quantitative estimate of drug-likeness (QED) is 0.532. The van der Waals surface area contributed by atoms with E-state index in [2.05, 4.69) is 21.4 Å². The molecule has 2 heterocycles. The van der Waals surface area contributed by atoms with Gasteiger partial charge in [-0.1, -0.05) is 35.5 Å². The number of nitrogens with zero attached hydrogens (tertiary/aromatic N) is 6. The van der Waals surface area contributed by atoms with E-state index in [1.807, 2.05) is 54.6 Å². The van der Waals surface area contributed by atoms with Crippen molar-refractivity contribution in [3.05, 3.63) is 72.3 Å². The van der Waals surface area contributed by atoms with E-state index in [4.69, 9.17) is 0 Å². The molecule has 0 aliphatic heterocycles. The van der Waals surface area contributed by atoms with E-state index in [1.54, 1.807) is 11.6 Å². The number of aromatic nitrogens is 5. The molecule has 1 unspecified atom stereocenters. The monoisotopic (exact) mass is 342 g/mol.